The first-order valence-corrected chi connectivity index (χ1v) is 7.34. The molecule has 2 heterocycles. The van der Waals surface area contributed by atoms with Crippen LogP contribution in [0.4, 0.5) is 11.4 Å². The number of nitro groups is 1. The van der Waals surface area contributed by atoms with Crippen LogP contribution in [0.1, 0.15) is 32.1 Å². The molecule has 3 rings (SSSR count). The zero-order chi connectivity index (χ0) is 13.9. The number of pyridine rings is 1. The SMILES string of the molecule is O=[N+]([O-])c1cnccc1N(CC1CCCCN1)C1CC1. The summed E-state index contributed by atoms with van der Waals surface area (Å²) in [5.41, 5.74) is 0.843. The summed E-state index contributed by atoms with van der Waals surface area (Å²) in [7, 11) is 0. The van der Waals surface area contributed by atoms with E-state index in [1.807, 2.05) is 0 Å². The van der Waals surface area contributed by atoms with Gasteiger partial charge in [-0.05, 0) is 38.3 Å². The van der Waals surface area contributed by atoms with Gasteiger partial charge in [-0.1, -0.05) is 6.42 Å². The second-order valence-electron chi connectivity index (χ2n) is 5.65. The molecule has 6 nitrogen and oxygen atoms in total. The van der Waals surface area contributed by atoms with Crippen LogP contribution in [0.2, 0.25) is 0 Å². The first kappa shape index (κ1) is 13.3. The summed E-state index contributed by atoms with van der Waals surface area (Å²) in [4.78, 5) is 17.0. The molecule has 1 N–H and O–H groups in total. The van der Waals surface area contributed by atoms with Crippen LogP contribution < -0.4 is 10.2 Å². The number of hydrogen-bond acceptors (Lipinski definition) is 5. The Morgan fingerprint density at radius 3 is 2.90 bits per heavy atom. The topological polar surface area (TPSA) is 71.3 Å². The predicted molar refractivity (Wildman–Crippen MR) is 76.9 cm³/mol. The molecule has 1 aromatic heterocycles. The van der Waals surface area contributed by atoms with Gasteiger partial charge in [0.15, 0.2) is 0 Å². The molecule has 20 heavy (non-hydrogen) atoms. The molecule has 108 valence electrons. The second kappa shape index (κ2) is 5.75. The van der Waals surface area contributed by atoms with Gasteiger partial charge in [-0.25, -0.2) is 0 Å². The van der Waals surface area contributed by atoms with Gasteiger partial charge in [0.2, 0.25) is 0 Å². The zero-order valence-corrected chi connectivity index (χ0v) is 11.5. The van der Waals surface area contributed by atoms with Gasteiger partial charge in [0.25, 0.3) is 0 Å². The van der Waals surface area contributed by atoms with Crippen LogP contribution in [0.15, 0.2) is 18.5 Å². The van der Waals surface area contributed by atoms with Crippen LogP contribution >= 0.6 is 0 Å². The third kappa shape index (κ3) is 2.90. The molecule has 2 aliphatic rings. The summed E-state index contributed by atoms with van der Waals surface area (Å²) in [6.07, 6.45) is 8.90. The van der Waals surface area contributed by atoms with Gasteiger partial charge in [0.05, 0.1) is 4.92 Å². The van der Waals surface area contributed by atoms with E-state index in [4.69, 9.17) is 0 Å². The summed E-state index contributed by atoms with van der Waals surface area (Å²) in [5, 5.41) is 14.7. The van der Waals surface area contributed by atoms with Crippen LogP contribution in [0.5, 0.6) is 0 Å². The lowest BCUT2D eigenvalue weighted by atomic mass is 10.0. The molecule has 1 saturated heterocycles. The van der Waals surface area contributed by atoms with E-state index in [2.05, 4.69) is 15.2 Å². The van der Waals surface area contributed by atoms with Crippen LogP contribution in [0, 0.1) is 10.1 Å². The normalized spacial score (nSPS) is 22.5. The lowest BCUT2D eigenvalue weighted by molar-refractivity contribution is -0.384. The highest BCUT2D eigenvalue weighted by Crippen LogP contribution is 2.36. The van der Waals surface area contributed by atoms with E-state index < -0.39 is 0 Å². The third-order valence-corrected chi connectivity index (χ3v) is 4.10. The minimum Gasteiger partial charge on any atom is -0.361 e. The number of rotatable bonds is 5. The molecule has 6 heteroatoms. The molecule has 0 spiro atoms. The van der Waals surface area contributed by atoms with Crippen LogP contribution in [-0.2, 0) is 0 Å². The number of anilines is 1. The Morgan fingerprint density at radius 1 is 1.40 bits per heavy atom. The molecule has 1 saturated carbocycles. The van der Waals surface area contributed by atoms with E-state index in [9.17, 15) is 10.1 Å². The fraction of sp³-hybridized carbons (Fsp3) is 0.643. The monoisotopic (exact) mass is 276 g/mol. The van der Waals surface area contributed by atoms with Crippen molar-refractivity contribution >= 4 is 11.4 Å². The van der Waals surface area contributed by atoms with Gasteiger partial charge < -0.3 is 10.2 Å². The lowest BCUT2D eigenvalue weighted by Gasteiger charge is -2.31. The molecule has 0 radical (unpaired) electrons. The number of piperidine rings is 1. The number of nitrogens with one attached hydrogen (secondary N) is 1. The van der Waals surface area contributed by atoms with Gasteiger partial charge in [0.1, 0.15) is 11.9 Å². The molecule has 1 atom stereocenters. The summed E-state index contributed by atoms with van der Waals surface area (Å²) in [5.74, 6) is 0. The average Bonchev–Trinajstić information content (AvgIpc) is 3.30. The largest absolute Gasteiger partial charge is 0.361 e. The van der Waals surface area contributed by atoms with Gasteiger partial charge in [-0.3, -0.25) is 15.1 Å². The first-order chi connectivity index (χ1) is 9.75. The minimum atomic E-state index is -0.327. The minimum absolute atomic E-state index is 0.121. The van der Waals surface area contributed by atoms with Gasteiger partial charge in [0, 0.05) is 24.8 Å². The smallest absolute Gasteiger partial charge is 0.310 e. The molecule has 1 aliphatic heterocycles. The van der Waals surface area contributed by atoms with Crippen molar-refractivity contribution < 1.29 is 4.92 Å². The standard InChI is InChI=1S/C14H20N4O2/c19-18(20)14-9-15-8-6-13(14)17(12-4-5-12)10-11-3-1-2-7-16-11/h6,8-9,11-12,16H,1-5,7,10H2. The molecule has 1 unspecified atom stereocenters. The van der Waals surface area contributed by atoms with Crippen LogP contribution in [0.25, 0.3) is 0 Å². The molecular weight excluding hydrogens is 256 g/mol. The Hall–Kier alpha value is -1.69. The van der Waals surface area contributed by atoms with Crippen LogP contribution in [-0.4, -0.2) is 35.1 Å². The summed E-state index contributed by atoms with van der Waals surface area (Å²) in [6.45, 7) is 1.91. The number of aromatic nitrogens is 1. The van der Waals surface area contributed by atoms with E-state index in [1.54, 1.807) is 12.3 Å². The lowest BCUT2D eigenvalue weighted by Crippen LogP contribution is -2.44. The quantitative estimate of drug-likeness (QED) is 0.658. The molecule has 0 bridgehead atoms. The van der Waals surface area contributed by atoms with Gasteiger partial charge >= 0.3 is 5.69 Å². The van der Waals surface area contributed by atoms with Crippen molar-refractivity contribution in [3.8, 4) is 0 Å². The van der Waals surface area contributed by atoms with E-state index in [0.717, 1.165) is 38.0 Å². The second-order valence-corrected chi connectivity index (χ2v) is 5.65. The van der Waals surface area contributed by atoms with E-state index >= 15 is 0 Å². The molecule has 2 fully saturated rings. The molecule has 1 aliphatic carbocycles. The highest BCUT2D eigenvalue weighted by atomic mass is 16.6. The fourth-order valence-corrected chi connectivity index (χ4v) is 2.91. The molecule has 1 aromatic rings. The Balaban J connectivity index is 1.81. The van der Waals surface area contributed by atoms with E-state index in [-0.39, 0.29) is 10.6 Å². The summed E-state index contributed by atoms with van der Waals surface area (Å²) >= 11 is 0. The summed E-state index contributed by atoms with van der Waals surface area (Å²) < 4.78 is 0. The number of nitrogens with zero attached hydrogens (tertiary/aromatic N) is 3. The van der Waals surface area contributed by atoms with Crippen molar-refractivity contribution in [2.45, 2.75) is 44.2 Å². The van der Waals surface area contributed by atoms with Crippen molar-refractivity contribution in [3.05, 3.63) is 28.6 Å². The average molecular weight is 276 g/mol. The van der Waals surface area contributed by atoms with Crippen molar-refractivity contribution in [2.75, 3.05) is 18.0 Å². The molecule has 0 amide bonds. The Kier molecular flexibility index (Phi) is 3.82. The molecule has 0 aromatic carbocycles. The highest BCUT2D eigenvalue weighted by Gasteiger charge is 2.34. The van der Waals surface area contributed by atoms with Crippen LogP contribution in [0.3, 0.4) is 0 Å². The van der Waals surface area contributed by atoms with Gasteiger partial charge in [-0.2, -0.15) is 0 Å². The van der Waals surface area contributed by atoms with E-state index in [0.29, 0.717) is 12.1 Å². The maximum atomic E-state index is 11.2. The highest BCUT2D eigenvalue weighted by molar-refractivity contribution is 5.63. The van der Waals surface area contributed by atoms with E-state index in [1.165, 1.54) is 19.0 Å². The third-order valence-electron chi connectivity index (χ3n) is 4.10. The first-order valence-electron chi connectivity index (χ1n) is 7.34. The number of hydrogen-bond donors (Lipinski definition) is 1. The molecular formula is C14H20N4O2. The maximum Gasteiger partial charge on any atom is 0.310 e. The Bertz CT molecular complexity index is 484. The fourth-order valence-electron chi connectivity index (χ4n) is 2.91. The van der Waals surface area contributed by atoms with Crippen molar-refractivity contribution in [1.82, 2.24) is 10.3 Å². The van der Waals surface area contributed by atoms with Crippen molar-refractivity contribution in [3.63, 3.8) is 0 Å². The van der Waals surface area contributed by atoms with Gasteiger partial charge in [-0.15, -0.1) is 0 Å². The Labute approximate surface area is 118 Å². The zero-order valence-electron chi connectivity index (χ0n) is 11.5. The predicted octanol–water partition coefficient (Wildman–Crippen LogP) is 2.10. The maximum absolute atomic E-state index is 11.2. The van der Waals surface area contributed by atoms with Crippen molar-refractivity contribution in [2.24, 2.45) is 0 Å². The summed E-state index contributed by atoms with van der Waals surface area (Å²) in [6, 6.07) is 2.68. The Morgan fingerprint density at radius 2 is 2.25 bits per heavy atom. The van der Waals surface area contributed by atoms with Crippen molar-refractivity contribution in [1.29, 1.82) is 0 Å².